The van der Waals surface area contributed by atoms with Crippen LogP contribution >= 0.6 is 0 Å². The average Bonchev–Trinajstić information content (AvgIpc) is 2.71. The number of terminal acetylenes is 1. The van der Waals surface area contributed by atoms with Gasteiger partial charge >= 0.3 is 5.97 Å². The molecule has 18 heavy (non-hydrogen) atoms. The van der Waals surface area contributed by atoms with Gasteiger partial charge in [0.05, 0.1) is 12.0 Å². The highest BCUT2D eigenvalue weighted by Crippen LogP contribution is 2.32. The van der Waals surface area contributed by atoms with E-state index in [0.717, 1.165) is 38.5 Å². The maximum Gasteiger partial charge on any atom is 0.305 e. The molecular formula is C14H21NO3. The molecule has 0 radical (unpaired) electrons. The Morgan fingerprint density at radius 3 is 2.50 bits per heavy atom. The second-order valence-electron chi connectivity index (χ2n) is 5.02. The molecule has 0 heterocycles. The Morgan fingerprint density at radius 1 is 1.28 bits per heavy atom. The molecule has 0 aromatic heterocycles. The molecular weight excluding hydrogens is 230 g/mol. The minimum absolute atomic E-state index is 0.0308. The predicted molar refractivity (Wildman–Crippen MR) is 68.9 cm³/mol. The van der Waals surface area contributed by atoms with E-state index in [2.05, 4.69) is 11.2 Å². The van der Waals surface area contributed by atoms with Crippen molar-refractivity contribution in [2.45, 2.75) is 63.3 Å². The molecule has 0 saturated heterocycles. The Hall–Kier alpha value is -1.50. The lowest BCUT2D eigenvalue weighted by Crippen LogP contribution is -2.47. The molecule has 0 aromatic rings. The maximum atomic E-state index is 11.8. The van der Waals surface area contributed by atoms with Crippen molar-refractivity contribution in [3.8, 4) is 12.3 Å². The van der Waals surface area contributed by atoms with E-state index in [1.165, 1.54) is 0 Å². The first kappa shape index (κ1) is 14.6. The molecule has 0 atom stereocenters. The van der Waals surface area contributed by atoms with Crippen molar-refractivity contribution in [3.05, 3.63) is 0 Å². The van der Waals surface area contributed by atoms with Gasteiger partial charge in [0.15, 0.2) is 0 Å². The summed E-state index contributed by atoms with van der Waals surface area (Å²) in [5.74, 6) is 1.65. The Morgan fingerprint density at radius 2 is 1.94 bits per heavy atom. The van der Waals surface area contributed by atoms with Crippen LogP contribution in [0.1, 0.15) is 57.8 Å². The summed E-state index contributed by atoms with van der Waals surface area (Å²) in [5.41, 5.74) is -0.505. The maximum absolute atomic E-state index is 11.8. The topological polar surface area (TPSA) is 66.4 Å². The molecule has 2 N–H and O–H groups in total. The lowest BCUT2D eigenvalue weighted by atomic mass is 9.93. The number of amides is 1. The van der Waals surface area contributed by atoms with Gasteiger partial charge < -0.3 is 10.4 Å². The Labute approximate surface area is 108 Å². The third-order valence-electron chi connectivity index (χ3n) is 3.43. The third kappa shape index (κ3) is 4.79. The summed E-state index contributed by atoms with van der Waals surface area (Å²) in [5, 5.41) is 11.9. The van der Waals surface area contributed by atoms with Gasteiger partial charge in [0.2, 0.25) is 5.91 Å². The van der Waals surface area contributed by atoms with Gasteiger partial charge in [-0.2, -0.15) is 0 Å². The van der Waals surface area contributed by atoms with Gasteiger partial charge in [-0.3, -0.25) is 9.59 Å². The summed E-state index contributed by atoms with van der Waals surface area (Å²) in [7, 11) is 0. The molecule has 1 fully saturated rings. The third-order valence-corrected chi connectivity index (χ3v) is 3.43. The summed E-state index contributed by atoms with van der Waals surface area (Å²) >= 11 is 0. The first-order valence-electron chi connectivity index (χ1n) is 6.54. The van der Waals surface area contributed by atoms with Crippen molar-refractivity contribution in [2.75, 3.05) is 0 Å². The van der Waals surface area contributed by atoms with Gasteiger partial charge in [-0.05, 0) is 25.7 Å². The normalized spacial score (nSPS) is 17.1. The zero-order chi connectivity index (χ0) is 13.4. The van der Waals surface area contributed by atoms with E-state index < -0.39 is 11.5 Å². The molecule has 4 heteroatoms. The molecule has 0 aromatic carbocycles. The quantitative estimate of drug-likeness (QED) is 0.538. The van der Waals surface area contributed by atoms with Crippen molar-refractivity contribution >= 4 is 11.9 Å². The fourth-order valence-corrected chi connectivity index (χ4v) is 2.56. The van der Waals surface area contributed by atoms with E-state index in [0.29, 0.717) is 12.8 Å². The number of carbonyl (C=O) groups is 2. The number of aliphatic carboxylic acids is 1. The minimum Gasteiger partial charge on any atom is -0.481 e. The zero-order valence-corrected chi connectivity index (χ0v) is 10.7. The predicted octanol–water partition coefficient (Wildman–Crippen LogP) is 2.08. The highest BCUT2D eigenvalue weighted by molar-refractivity contribution is 5.78. The summed E-state index contributed by atoms with van der Waals surface area (Å²) < 4.78 is 0. The van der Waals surface area contributed by atoms with Crippen molar-refractivity contribution in [1.29, 1.82) is 0 Å². The number of carbonyl (C=O) groups excluding carboxylic acids is 1. The number of rotatable bonds is 7. The van der Waals surface area contributed by atoms with E-state index in [-0.39, 0.29) is 12.3 Å². The van der Waals surface area contributed by atoms with Crippen LogP contribution in [0.25, 0.3) is 0 Å². The van der Waals surface area contributed by atoms with Crippen LogP contribution in [0.15, 0.2) is 0 Å². The molecule has 100 valence electrons. The van der Waals surface area contributed by atoms with Crippen molar-refractivity contribution < 1.29 is 14.7 Å². The second-order valence-corrected chi connectivity index (χ2v) is 5.02. The van der Waals surface area contributed by atoms with Gasteiger partial charge in [-0.25, -0.2) is 0 Å². The molecule has 0 aliphatic heterocycles. The fourth-order valence-electron chi connectivity index (χ4n) is 2.56. The number of unbranched alkanes of at least 4 members (excludes halogenated alkanes) is 2. The fraction of sp³-hybridized carbons (Fsp3) is 0.714. The van der Waals surface area contributed by atoms with Crippen LogP contribution in [0.4, 0.5) is 0 Å². The smallest absolute Gasteiger partial charge is 0.305 e. The highest BCUT2D eigenvalue weighted by Gasteiger charge is 2.37. The first-order chi connectivity index (χ1) is 8.58. The summed E-state index contributed by atoms with van der Waals surface area (Å²) in [4.78, 5) is 22.7. The zero-order valence-electron chi connectivity index (χ0n) is 10.7. The molecule has 0 unspecified atom stereocenters. The second kappa shape index (κ2) is 7.05. The molecule has 0 spiro atoms. The molecule has 1 aliphatic carbocycles. The van der Waals surface area contributed by atoms with E-state index >= 15 is 0 Å². The van der Waals surface area contributed by atoms with Gasteiger partial charge in [0, 0.05) is 12.8 Å². The van der Waals surface area contributed by atoms with Gasteiger partial charge in [0.1, 0.15) is 0 Å². The highest BCUT2D eigenvalue weighted by atomic mass is 16.4. The van der Waals surface area contributed by atoms with Crippen molar-refractivity contribution in [1.82, 2.24) is 5.32 Å². The molecule has 4 nitrogen and oxygen atoms in total. The van der Waals surface area contributed by atoms with Crippen LogP contribution < -0.4 is 5.32 Å². The van der Waals surface area contributed by atoms with E-state index in [1.54, 1.807) is 0 Å². The number of hydrogen-bond donors (Lipinski definition) is 2. The SMILES string of the molecule is C#CCCCCC(=O)NC1(CC(=O)O)CCCC1. The molecule has 1 rings (SSSR count). The summed E-state index contributed by atoms with van der Waals surface area (Å²) in [6, 6.07) is 0. The molecule has 1 amide bonds. The van der Waals surface area contributed by atoms with Crippen LogP contribution in [0.3, 0.4) is 0 Å². The summed E-state index contributed by atoms with van der Waals surface area (Å²) in [6.45, 7) is 0. The van der Waals surface area contributed by atoms with Crippen LogP contribution in [-0.4, -0.2) is 22.5 Å². The minimum atomic E-state index is -0.843. The number of carboxylic acids is 1. The lowest BCUT2D eigenvalue weighted by molar-refractivity contribution is -0.139. The van der Waals surface area contributed by atoms with Gasteiger partial charge in [-0.15, -0.1) is 12.3 Å². The standard InChI is InChI=1S/C14H21NO3/c1-2-3-4-5-8-12(16)15-14(11-13(17)18)9-6-7-10-14/h1H,3-11H2,(H,15,16)(H,17,18). The van der Waals surface area contributed by atoms with Crippen LogP contribution in [0.2, 0.25) is 0 Å². The van der Waals surface area contributed by atoms with E-state index in [1.807, 2.05) is 0 Å². The number of carboxylic acid groups (broad SMARTS) is 1. The summed E-state index contributed by atoms with van der Waals surface area (Å²) in [6.07, 6.45) is 11.4. The van der Waals surface area contributed by atoms with Gasteiger partial charge in [-0.1, -0.05) is 12.8 Å². The molecule has 0 bridgehead atoms. The largest absolute Gasteiger partial charge is 0.481 e. The Balaban J connectivity index is 2.39. The van der Waals surface area contributed by atoms with Crippen LogP contribution in [-0.2, 0) is 9.59 Å². The molecule has 1 aliphatic rings. The Kier molecular flexibility index (Phi) is 5.70. The number of nitrogens with one attached hydrogen (secondary N) is 1. The van der Waals surface area contributed by atoms with Crippen molar-refractivity contribution in [3.63, 3.8) is 0 Å². The molecule has 1 saturated carbocycles. The average molecular weight is 251 g/mol. The Bertz CT molecular complexity index is 337. The lowest BCUT2D eigenvalue weighted by Gasteiger charge is -2.28. The van der Waals surface area contributed by atoms with Gasteiger partial charge in [0.25, 0.3) is 0 Å². The van der Waals surface area contributed by atoms with Crippen LogP contribution in [0, 0.1) is 12.3 Å². The van der Waals surface area contributed by atoms with Crippen molar-refractivity contribution in [2.24, 2.45) is 0 Å². The number of hydrogen-bond acceptors (Lipinski definition) is 2. The first-order valence-corrected chi connectivity index (χ1v) is 6.54. The van der Waals surface area contributed by atoms with Crippen LogP contribution in [0.5, 0.6) is 0 Å². The van der Waals surface area contributed by atoms with E-state index in [4.69, 9.17) is 11.5 Å². The van der Waals surface area contributed by atoms with E-state index in [9.17, 15) is 9.59 Å². The monoisotopic (exact) mass is 251 g/mol.